The zero-order valence-corrected chi connectivity index (χ0v) is 11.8. The van der Waals surface area contributed by atoms with Gasteiger partial charge in [0.2, 0.25) is 0 Å². The predicted molar refractivity (Wildman–Crippen MR) is 80.7 cm³/mol. The predicted octanol–water partition coefficient (Wildman–Crippen LogP) is 1.95. The minimum Gasteiger partial charge on any atom is -0.348 e. The SMILES string of the molecule is C[C@@H]1C[C@H]1CNC(=O)C(=O)Nc1cccc2ncccc12. The molecule has 2 N–H and O–H groups in total. The number of pyridine rings is 1. The van der Waals surface area contributed by atoms with E-state index in [1.165, 1.54) is 0 Å². The molecule has 1 fully saturated rings. The monoisotopic (exact) mass is 283 g/mol. The minimum absolute atomic E-state index is 0.517. The van der Waals surface area contributed by atoms with Crippen molar-refractivity contribution in [2.75, 3.05) is 11.9 Å². The maximum atomic E-state index is 11.9. The Balaban J connectivity index is 1.66. The molecule has 3 rings (SSSR count). The van der Waals surface area contributed by atoms with E-state index in [1.807, 2.05) is 12.1 Å². The summed E-state index contributed by atoms with van der Waals surface area (Å²) in [7, 11) is 0. The van der Waals surface area contributed by atoms with Crippen molar-refractivity contribution < 1.29 is 9.59 Å². The molecular weight excluding hydrogens is 266 g/mol. The summed E-state index contributed by atoms with van der Waals surface area (Å²) in [6.07, 6.45) is 2.81. The molecule has 0 saturated heterocycles. The fourth-order valence-corrected chi connectivity index (χ4v) is 2.38. The molecule has 0 radical (unpaired) electrons. The Morgan fingerprint density at radius 3 is 2.81 bits per heavy atom. The number of rotatable bonds is 3. The first-order valence-corrected chi connectivity index (χ1v) is 7.08. The van der Waals surface area contributed by atoms with Crippen molar-refractivity contribution in [3.05, 3.63) is 36.5 Å². The average Bonchev–Trinajstić information content (AvgIpc) is 3.21. The van der Waals surface area contributed by atoms with Crippen LogP contribution in [0.5, 0.6) is 0 Å². The molecule has 1 aliphatic rings. The van der Waals surface area contributed by atoms with Gasteiger partial charge in [-0.3, -0.25) is 14.6 Å². The Kier molecular flexibility index (Phi) is 3.56. The van der Waals surface area contributed by atoms with Crippen LogP contribution in [0.4, 0.5) is 5.69 Å². The first-order valence-electron chi connectivity index (χ1n) is 7.08. The summed E-state index contributed by atoms with van der Waals surface area (Å²) >= 11 is 0. The van der Waals surface area contributed by atoms with Crippen LogP contribution in [-0.4, -0.2) is 23.3 Å². The van der Waals surface area contributed by atoms with Crippen molar-refractivity contribution >= 4 is 28.4 Å². The van der Waals surface area contributed by atoms with Crippen LogP contribution in [0.15, 0.2) is 36.5 Å². The summed E-state index contributed by atoms with van der Waals surface area (Å²) in [4.78, 5) is 27.9. The number of aromatic nitrogens is 1. The molecule has 21 heavy (non-hydrogen) atoms. The Morgan fingerprint density at radius 1 is 1.24 bits per heavy atom. The molecule has 108 valence electrons. The van der Waals surface area contributed by atoms with Crippen molar-refractivity contribution in [1.29, 1.82) is 0 Å². The lowest BCUT2D eigenvalue weighted by atomic mass is 10.2. The Labute approximate surface area is 122 Å². The van der Waals surface area contributed by atoms with Crippen molar-refractivity contribution in [3.8, 4) is 0 Å². The molecule has 1 aromatic heterocycles. The third-order valence-electron chi connectivity index (χ3n) is 3.90. The lowest BCUT2D eigenvalue weighted by molar-refractivity contribution is -0.136. The Bertz CT molecular complexity index is 693. The molecule has 0 bridgehead atoms. The second kappa shape index (κ2) is 5.52. The van der Waals surface area contributed by atoms with Gasteiger partial charge in [-0.05, 0) is 42.5 Å². The van der Waals surface area contributed by atoms with E-state index in [4.69, 9.17) is 0 Å². The largest absolute Gasteiger partial charge is 0.348 e. The maximum absolute atomic E-state index is 11.9. The smallest absolute Gasteiger partial charge is 0.313 e. The molecule has 5 nitrogen and oxygen atoms in total. The first-order chi connectivity index (χ1) is 10.1. The number of anilines is 1. The van der Waals surface area contributed by atoms with Gasteiger partial charge in [0, 0.05) is 18.1 Å². The fourth-order valence-electron chi connectivity index (χ4n) is 2.38. The molecule has 1 saturated carbocycles. The van der Waals surface area contributed by atoms with Crippen LogP contribution in [0.25, 0.3) is 10.9 Å². The summed E-state index contributed by atoms with van der Waals surface area (Å²) in [6, 6.07) is 9.08. The van der Waals surface area contributed by atoms with Crippen LogP contribution in [-0.2, 0) is 9.59 Å². The van der Waals surface area contributed by atoms with E-state index in [0.717, 1.165) is 17.3 Å². The van der Waals surface area contributed by atoms with E-state index in [-0.39, 0.29) is 0 Å². The molecule has 5 heteroatoms. The van der Waals surface area contributed by atoms with Crippen LogP contribution in [0.3, 0.4) is 0 Å². The van der Waals surface area contributed by atoms with Gasteiger partial charge in [-0.25, -0.2) is 0 Å². The minimum atomic E-state index is -0.639. The number of hydrogen-bond donors (Lipinski definition) is 2. The molecule has 2 amide bonds. The molecule has 1 heterocycles. The molecule has 1 aliphatic carbocycles. The summed E-state index contributed by atoms with van der Waals surface area (Å²) in [6.45, 7) is 2.71. The third kappa shape index (κ3) is 3.02. The molecule has 1 aromatic carbocycles. The summed E-state index contributed by atoms with van der Waals surface area (Å²) < 4.78 is 0. The van der Waals surface area contributed by atoms with Gasteiger partial charge in [-0.1, -0.05) is 13.0 Å². The van der Waals surface area contributed by atoms with Gasteiger partial charge in [0.1, 0.15) is 0 Å². The van der Waals surface area contributed by atoms with Gasteiger partial charge in [-0.15, -0.1) is 0 Å². The summed E-state index contributed by atoms with van der Waals surface area (Å²) in [5.41, 5.74) is 1.38. The number of fused-ring (bicyclic) bond motifs is 1. The number of nitrogens with zero attached hydrogens (tertiary/aromatic N) is 1. The number of benzene rings is 1. The van der Waals surface area contributed by atoms with Crippen LogP contribution in [0.2, 0.25) is 0 Å². The van der Waals surface area contributed by atoms with Gasteiger partial charge in [0.15, 0.2) is 0 Å². The average molecular weight is 283 g/mol. The van der Waals surface area contributed by atoms with Crippen LogP contribution >= 0.6 is 0 Å². The molecular formula is C16H17N3O2. The van der Waals surface area contributed by atoms with Gasteiger partial charge in [0.05, 0.1) is 11.2 Å². The van der Waals surface area contributed by atoms with Gasteiger partial charge < -0.3 is 10.6 Å². The lowest BCUT2D eigenvalue weighted by Crippen LogP contribution is -2.36. The summed E-state index contributed by atoms with van der Waals surface area (Å²) in [5.74, 6) is -0.0596. The maximum Gasteiger partial charge on any atom is 0.313 e. The third-order valence-corrected chi connectivity index (χ3v) is 3.90. The zero-order chi connectivity index (χ0) is 14.8. The molecule has 2 aromatic rings. The molecule has 0 unspecified atom stereocenters. The summed E-state index contributed by atoms with van der Waals surface area (Å²) in [5, 5.41) is 6.14. The Morgan fingerprint density at radius 2 is 2.05 bits per heavy atom. The highest BCUT2D eigenvalue weighted by molar-refractivity contribution is 6.40. The Hall–Kier alpha value is -2.43. The highest BCUT2D eigenvalue weighted by atomic mass is 16.2. The van der Waals surface area contributed by atoms with E-state index >= 15 is 0 Å². The van der Waals surface area contributed by atoms with Crippen molar-refractivity contribution in [3.63, 3.8) is 0 Å². The van der Waals surface area contributed by atoms with E-state index in [1.54, 1.807) is 24.4 Å². The van der Waals surface area contributed by atoms with Crippen molar-refractivity contribution in [1.82, 2.24) is 10.3 Å². The number of nitrogens with one attached hydrogen (secondary N) is 2. The van der Waals surface area contributed by atoms with Crippen LogP contribution < -0.4 is 10.6 Å². The van der Waals surface area contributed by atoms with Crippen LogP contribution in [0, 0.1) is 11.8 Å². The highest BCUT2D eigenvalue weighted by Gasteiger charge is 2.32. The van der Waals surface area contributed by atoms with Crippen molar-refractivity contribution in [2.24, 2.45) is 11.8 Å². The van der Waals surface area contributed by atoms with E-state index < -0.39 is 11.8 Å². The van der Waals surface area contributed by atoms with Gasteiger partial charge >= 0.3 is 11.8 Å². The van der Waals surface area contributed by atoms with E-state index in [0.29, 0.717) is 24.1 Å². The first kappa shape index (κ1) is 13.5. The second-order valence-electron chi connectivity index (χ2n) is 5.51. The topological polar surface area (TPSA) is 71.1 Å². The van der Waals surface area contributed by atoms with E-state index in [2.05, 4.69) is 22.5 Å². The highest BCUT2D eigenvalue weighted by Crippen LogP contribution is 2.36. The number of carbonyl (C=O) groups excluding carboxylic acids is 2. The molecule has 2 atom stereocenters. The fraction of sp³-hybridized carbons (Fsp3) is 0.312. The quantitative estimate of drug-likeness (QED) is 0.846. The standard InChI is InChI=1S/C16H17N3O2/c1-10-8-11(10)9-18-15(20)16(21)19-14-6-2-5-13-12(14)4-3-7-17-13/h2-7,10-11H,8-9H2,1H3,(H,18,20)(H,19,21)/t10-,11+/m1/s1. The molecule has 0 spiro atoms. The zero-order valence-electron chi connectivity index (χ0n) is 11.8. The van der Waals surface area contributed by atoms with Crippen molar-refractivity contribution in [2.45, 2.75) is 13.3 Å². The number of carbonyl (C=O) groups is 2. The normalized spacial score (nSPS) is 20.0. The molecule has 0 aliphatic heterocycles. The number of hydrogen-bond acceptors (Lipinski definition) is 3. The lowest BCUT2D eigenvalue weighted by Gasteiger charge is -2.08. The second-order valence-corrected chi connectivity index (χ2v) is 5.51. The van der Waals surface area contributed by atoms with Gasteiger partial charge in [0.25, 0.3) is 0 Å². The van der Waals surface area contributed by atoms with Gasteiger partial charge in [-0.2, -0.15) is 0 Å². The van der Waals surface area contributed by atoms with Crippen LogP contribution in [0.1, 0.15) is 13.3 Å². The van der Waals surface area contributed by atoms with E-state index in [9.17, 15) is 9.59 Å². The number of amides is 2.